The Hall–Kier alpha value is -2.89. The van der Waals surface area contributed by atoms with Gasteiger partial charge < -0.3 is 9.30 Å². The highest BCUT2D eigenvalue weighted by Gasteiger charge is 2.29. The fourth-order valence-electron chi connectivity index (χ4n) is 3.43. The van der Waals surface area contributed by atoms with E-state index < -0.39 is 0 Å². The summed E-state index contributed by atoms with van der Waals surface area (Å²) in [7, 11) is 0. The van der Waals surface area contributed by atoms with Crippen LogP contribution in [0, 0.1) is 12.8 Å². The maximum Gasteiger partial charge on any atom is 0.250 e. The van der Waals surface area contributed by atoms with Crippen LogP contribution in [0.5, 0.6) is 5.88 Å². The van der Waals surface area contributed by atoms with Crippen molar-refractivity contribution < 1.29 is 4.74 Å². The molecule has 0 radical (unpaired) electrons. The largest absolute Gasteiger partial charge is 0.474 e. The molecule has 6 nitrogen and oxygen atoms in total. The minimum Gasteiger partial charge on any atom is -0.474 e. The Bertz CT molecular complexity index is 1030. The average Bonchev–Trinajstić information content (AvgIpc) is 3.42. The van der Waals surface area contributed by atoms with Crippen LogP contribution < -0.4 is 10.3 Å². The van der Waals surface area contributed by atoms with Gasteiger partial charge in [0.2, 0.25) is 5.88 Å². The van der Waals surface area contributed by atoms with Gasteiger partial charge in [-0.05, 0) is 51.2 Å². The van der Waals surface area contributed by atoms with E-state index in [2.05, 4.69) is 23.9 Å². The van der Waals surface area contributed by atoms with E-state index in [0.717, 1.165) is 28.9 Å². The predicted molar refractivity (Wildman–Crippen MR) is 109 cm³/mol. The lowest BCUT2D eigenvalue weighted by molar-refractivity contribution is 0.189. The van der Waals surface area contributed by atoms with E-state index in [1.54, 1.807) is 21.4 Å². The lowest BCUT2D eigenvalue weighted by Gasteiger charge is -2.14. The number of nitrogens with zero attached hydrogens (tertiary/aromatic N) is 4. The molecule has 0 N–H and O–H groups in total. The normalized spacial score (nSPS) is 14.8. The van der Waals surface area contributed by atoms with E-state index in [0.29, 0.717) is 18.3 Å². The second kappa shape index (κ2) is 7.62. The fourth-order valence-corrected chi connectivity index (χ4v) is 3.43. The Kier molecular flexibility index (Phi) is 5.03. The van der Waals surface area contributed by atoms with E-state index in [-0.39, 0.29) is 11.7 Å². The Labute approximate surface area is 164 Å². The first-order valence-corrected chi connectivity index (χ1v) is 9.95. The van der Waals surface area contributed by atoms with E-state index in [9.17, 15) is 4.79 Å². The van der Waals surface area contributed by atoms with Gasteiger partial charge in [0, 0.05) is 47.9 Å². The van der Waals surface area contributed by atoms with Crippen LogP contribution in [0.2, 0.25) is 0 Å². The standard InChI is InChI=1S/C22H26N4O2/c1-4-11-25-14-19(7-10-22(25)27)26-13-18(12-23-26)20-8-9-21(24-15(20)2)28-16(3)17-5-6-17/h7-10,12-14,16-17H,4-6,11H2,1-3H3. The van der Waals surface area contributed by atoms with Gasteiger partial charge in [0.05, 0.1) is 11.9 Å². The van der Waals surface area contributed by atoms with Crippen LogP contribution in [-0.2, 0) is 6.54 Å². The lowest BCUT2D eigenvalue weighted by Crippen LogP contribution is -2.19. The van der Waals surface area contributed by atoms with Crippen molar-refractivity contribution in [3.63, 3.8) is 0 Å². The summed E-state index contributed by atoms with van der Waals surface area (Å²) in [6.07, 6.45) is 9.28. The van der Waals surface area contributed by atoms with Crippen LogP contribution in [-0.4, -0.2) is 25.4 Å². The van der Waals surface area contributed by atoms with Gasteiger partial charge >= 0.3 is 0 Å². The zero-order valence-electron chi connectivity index (χ0n) is 16.6. The number of hydrogen-bond acceptors (Lipinski definition) is 4. The highest BCUT2D eigenvalue weighted by Crippen LogP contribution is 2.34. The smallest absolute Gasteiger partial charge is 0.250 e. The molecule has 0 aromatic carbocycles. The summed E-state index contributed by atoms with van der Waals surface area (Å²) in [6.45, 7) is 6.86. The zero-order valence-corrected chi connectivity index (χ0v) is 16.6. The first-order chi connectivity index (χ1) is 13.5. The fraction of sp³-hybridized carbons (Fsp3) is 0.409. The molecule has 1 aliphatic rings. The molecule has 1 unspecified atom stereocenters. The Balaban J connectivity index is 1.57. The van der Waals surface area contributed by atoms with Crippen LogP contribution in [0.15, 0.2) is 47.7 Å². The van der Waals surface area contributed by atoms with Crippen molar-refractivity contribution in [1.29, 1.82) is 0 Å². The molecule has 1 aliphatic carbocycles. The third-order valence-electron chi connectivity index (χ3n) is 5.24. The van der Waals surface area contributed by atoms with Crippen LogP contribution in [0.4, 0.5) is 0 Å². The topological polar surface area (TPSA) is 61.9 Å². The van der Waals surface area contributed by atoms with Gasteiger partial charge in [0.15, 0.2) is 0 Å². The monoisotopic (exact) mass is 378 g/mol. The first-order valence-electron chi connectivity index (χ1n) is 9.95. The highest BCUT2D eigenvalue weighted by atomic mass is 16.5. The summed E-state index contributed by atoms with van der Waals surface area (Å²) < 4.78 is 9.48. The molecule has 0 aliphatic heterocycles. The predicted octanol–water partition coefficient (Wildman–Crippen LogP) is 3.99. The minimum atomic E-state index is 0.00837. The Morgan fingerprint density at radius 2 is 2.04 bits per heavy atom. The van der Waals surface area contributed by atoms with Gasteiger partial charge in [-0.3, -0.25) is 4.79 Å². The summed E-state index contributed by atoms with van der Waals surface area (Å²) in [5.74, 6) is 1.36. The molecular weight excluding hydrogens is 352 g/mol. The molecule has 0 spiro atoms. The van der Waals surface area contributed by atoms with Crippen molar-refractivity contribution in [1.82, 2.24) is 19.3 Å². The first kappa shape index (κ1) is 18.5. The second-order valence-electron chi connectivity index (χ2n) is 7.54. The molecule has 3 aromatic rings. The van der Waals surface area contributed by atoms with E-state index in [1.807, 2.05) is 37.6 Å². The molecule has 1 fully saturated rings. The number of aromatic nitrogens is 4. The lowest BCUT2D eigenvalue weighted by atomic mass is 10.1. The molecule has 6 heteroatoms. The summed E-state index contributed by atoms with van der Waals surface area (Å²) in [5, 5.41) is 4.48. The maximum absolute atomic E-state index is 11.9. The summed E-state index contributed by atoms with van der Waals surface area (Å²) in [6, 6.07) is 7.36. The molecule has 3 heterocycles. The molecule has 146 valence electrons. The second-order valence-corrected chi connectivity index (χ2v) is 7.54. The molecule has 28 heavy (non-hydrogen) atoms. The SMILES string of the molecule is CCCn1cc(-n2cc(-c3ccc(OC(C)C4CC4)nc3C)cn2)ccc1=O. The molecule has 0 saturated heterocycles. The van der Waals surface area contributed by atoms with Crippen LogP contribution in [0.25, 0.3) is 16.8 Å². The van der Waals surface area contributed by atoms with Crippen molar-refractivity contribution in [2.75, 3.05) is 0 Å². The Morgan fingerprint density at radius 3 is 2.75 bits per heavy atom. The van der Waals surface area contributed by atoms with Gasteiger partial charge in [-0.2, -0.15) is 5.10 Å². The number of ether oxygens (including phenoxy) is 1. The quantitative estimate of drug-likeness (QED) is 0.624. The van der Waals surface area contributed by atoms with Crippen molar-refractivity contribution in [3.05, 3.63) is 58.9 Å². The molecular formula is C22H26N4O2. The average molecular weight is 378 g/mol. The van der Waals surface area contributed by atoms with Crippen molar-refractivity contribution in [2.45, 2.75) is 52.7 Å². The number of hydrogen-bond donors (Lipinski definition) is 0. The van der Waals surface area contributed by atoms with Crippen LogP contribution in [0.1, 0.15) is 38.8 Å². The van der Waals surface area contributed by atoms with E-state index in [4.69, 9.17) is 4.74 Å². The van der Waals surface area contributed by atoms with Crippen LogP contribution >= 0.6 is 0 Å². The molecule has 1 atom stereocenters. The molecule has 3 aromatic heterocycles. The third-order valence-corrected chi connectivity index (χ3v) is 5.24. The van der Waals surface area contributed by atoms with Gasteiger partial charge in [-0.1, -0.05) is 6.92 Å². The molecule has 0 bridgehead atoms. The van der Waals surface area contributed by atoms with Gasteiger partial charge in [0.1, 0.15) is 6.10 Å². The number of pyridine rings is 2. The number of rotatable bonds is 7. The summed E-state index contributed by atoms with van der Waals surface area (Å²) in [4.78, 5) is 16.6. The molecule has 0 amide bonds. The van der Waals surface area contributed by atoms with Crippen molar-refractivity contribution in [2.24, 2.45) is 5.92 Å². The van der Waals surface area contributed by atoms with Gasteiger partial charge in [0.25, 0.3) is 5.56 Å². The van der Waals surface area contributed by atoms with E-state index in [1.165, 1.54) is 12.8 Å². The maximum atomic E-state index is 11.9. The summed E-state index contributed by atoms with van der Waals surface area (Å²) in [5.41, 5.74) is 3.80. The minimum absolute atomic E-state index is 0.00837. The van der Waals surface area contributed by atoms with Crippen molar-refractivity contribution >= 4 is 0 Å². The molecule has 1 saturated carbocycles. The number of aryl methyl sites for hydroxylation is 2. The highest BCUT2D eigenvalue weighted by molar-refractivity contribution is 5.65. The third kappa shape index (κ3) is 3.86. The zero-order chi connectivity index (χ0) is 19.7. The Morgan fingerprint density at radius 1 is 1.21 bits per heavy atom. The van der Waals surface area contributed by atoms with Crippen molar-refractivity contribution in [3.8, 4) is 22.7 Å². The molecule has 4 rings (SSSR count). The summed E-state index contributed by atoms with van der Waals surface area (Å²) >= 11 is 0. The van der Waals surface area contributed by atoms with Gasteiger partial charge in [-0.15, -0.1) is 0 Å². The van der Waals surface area contributed by atoms with Gasteiger partial charge in [-0.25, -0.2) is 9.67 Å². The van der Waals surface area contributed by atoms with E-state index >= 15 is 0 Å². The van der Waals surface area contributed by atoms with Crippen LogP contribution in [0.3, 0.4) is 0 Å².